The Balaban J connectivity index is 1.86. The molecule has 0 bridgehead atoms. The van der Waals surface area contributed by atoms with E-state index >= 15 is 0 Å². The molecule has 3 unspecified atom stereocenters. The number of ether oxygens (including phenoxy) is 1. The number of carbonyl (C=O) groups excluding carboxylic acids is 1. The van der Waals surface area contributed by atoms with E-state index in [2.05, 4.69) is 17.1 Å². The normalized spacial score (nSPS) is 24.1. The van der Waals surface area contributed by atoms with Crippen LogP contribution in [-0.4, -0.2) is 60.9 Å². The second kappa shape index (κ2) is 8.38. The van der Waals surface area contributed by atoms with Crippen molar-refractivity contribution in [1.29, 1.82) is 0 Å². The van der Waals surface area contributed by atoms with Crippen molar-refractivity contribution in [2.24, 2.45) is 0 Å². The summed E-state index contributed by atoms with van der Waals surface area (Å²) in [6.45, 7) is 3.96. The Hall–Kier alpha value is -1.50. The summed E-state index contributed by atoms with van der Waals surface area (Å²) in [6.07, 6.45) is 1.12. The van der Waals surface area contributed by atoms with Gasteiger partial charge in [-0.2, -0.15) is 0 Å². The number of carbonyl (C=O) groups is 1. The molecule has 6 heteroatoms. The van der Waals surface area contributed by atoms with Crippen LogP contribution >= 0.6 is 0 Å². The first-order valence-electron chi connectivity index (χ1n) is 8.06. The Labute approximate surface area is 136 Å². The number of benzene rings is 1. The standard InChI is InChI=1S/C17H25FN2O3/c1-3-4-8-20(2)10-15-16(21)14(11-23-15)19-17(22)12-6-5-7-13(18)9-12/h5-7,9,14-16,21H,3-4,8,10-11H2,1-2H3,(H,19,22). The molecule has 1 aliphatic rings. The lowest BCUT2D eigenvalue weighted by Crippen LogP contribution is -2.46. The lowest BCUT2D eigenvalue weighted by Gasteiger charge is -2.23. The zero-order valence-electron chi connectivity index (χ0n) is 13.7. The quantitative estimate of drug-likeness (QED) is 0.796. The van der Waals surface area contributed by atoms with E-state index in [1.165, 1.54) is 24.3 Å². The van der Waals surface area contributed by atoms with Crippen LogP contribution in [0.3, 0.4) is 0 Å². The van der Waals surface area contributed by atoms with Gasteiger partial charge in [0.2, 0.25) is 0 Å². The molecule has 1 aromatic carbocycles. The highest BCUT2D eigenvalue weighted by molar-refractivity contribution is 5.94. The third-order valence-electron chi connectivity index (χ3n) is 4.07. The first kappa shape index (κ1) is 17.8. The lowest BCUT2D eigenvalue weighted by atomic mass is 10.1. The predicted molar refractivity (Wildman–Crippen MR) is 85.8 cm³/mol. The maximum Gasteiger partial charge on any atom is 0.251 e. The molecule has 0 aliphatic carbocycles. The second-order valence-electron chi connectivity index (χ2n) is 6.07. The number of hydrogen-bond acceptors (Lipinski definition) is 4. The molecule has 128 valence electrons. The number of rotatable bonds is 7. The van der Waals surface area contributed by atoms with Gasteiger partial charge in [-0.05, 0) is 38.2 Å². The van der Waals surface area contributed by atoms with E-state index in [0.29, 0.717) is 6.54 Å². The molecule has 0 saturated carbocycles. The number of halogens is 1. The van der Waals surface area contributed by atoms with Crippen LogP contribution in [-0.2, 0) is 4.74 Å². The number of unbranched alkanes of at least 4 members (excludes halogenated alkanes) is 1. The van der Waals surface area contributed by atoms with Crippen LogP contribution in [0.5, 0.6) is 0 Å². The minimum Gasteiger partial charge on any atom is -0.388 e. The summed E-state index contributed by atoms with van der Waals surface area (Å²) < 4.78 is 18.8. The van der Waals surface area contributed by atoms with Crippen molar-refractivity contribution in [1.82, 2.24) is 10.2 Å². The van der Waals surface area contributed by atoms with Gasteiger partial charge < -0.3 is 20.1 Å². The summed E-state index contributed by atoms with van der Waals surface area (Å²) in [5.74, 6) is -0.867. The fraction of sp³-hybridized carbons (Fsp3) is 0.588. The molecule has 0 radical (unpaired) electrons. The van der Waals surface area contributed by atoms with Gasteiger partial charge in [-0.15, -0.1) is 0 Å². The van der Waals surface area contributed by atoms with E-state index in [9.17, 15) is 14.3 Å². The molecule has 1 saturated heterocycles. The molecule has 1 fully saturated rings. The van der Waals surface area contributed by atoms with Crippen LogP contribution in [0.25, 0.3) is 0 Å². The van der Waals surface area contributed by atoms with Crippen molar-refractivity contribution in [2.45, 2.75) is 38.0 Å². The molecule has 1 aliphatic heterocycles. The van der Waals surface area contributed by atoms with E-state index in [-0.39, 0.29) is 18.3 Å². The molecule has 3 atom stereocenters. The van der Waals surface area contributed by atoms with Gasteiger partial charge in [0.25, 0.3) is 5.91 Å². The van der Waals surface area contributed by atoms with Crippen molar-refractivity contribution in [3.8, 4) is 0 Å². The fourth-order valence-electron chi connectivity index (χ4n) is 2.68. The van der Waals surface area contributed by atoms with Crippen LogP contribution in [0.1, 0.15) is 30.1 Å². The monoisotopic (exact) mass is 324 g/mol. The van der Waals surface area contributed by atoms with Crippen molar-refractivity contribution in [3.63, 3.8) is 0 Å². The van der Waals surface area contributed by atoms with Crippen LogP contribution in [0.4, 0.5) is 4.39 Å². The average molecular weight is 324 g/mol. The van der Waals surface area contributed by atoms with Gasteiger partial charge in [0.15, 0.2) is 0 Å². The van der Waals surface area contributed by atoms with Crippen molar-refractivity contribution in [3.05, 3.63) is 35.6 Å². The first-order valence-corrected chi connectivity index (χ1v) is 8.06. The van der Waals surface area contributed by atoms with Crippen LogP contribution < -0.4 is 5.32 Å². The van der Waals surface area contributed by atoms with Gasteiger partial charge in [0.1, 0.15) is 11.9 Å². The van der Waals surface area contributed by atoms with Crippen molar-refractivity contribution < 1.29 is 19.0 Å². The molecule has 23 heavy (non-hydrogen) atoms. The fourth-order valence-corrected chi connectivity index (χ4v) is 2.68. The zero-order chi connectivity index (χ0) is 16.8. The van der Waals surface area contributed by atoms with Crippen molar-refractivity contribution in [2.75, 3.05) is 26.7 Å². The smallest absolute Gasteiger partial charge is 0.251 e. The molecule has 0 aromatic heterocycles. The third-order valence-corrected chi connectivity index (χ3v) is 4.07. The largest absolute Gasteiger partial charge is 0.388 e. The topological polar surface area (TPSA) is 61.8 Å². The van der Waals surface area contributed by atoms with Crippen LogP contribution in [0, 0.1) is 5.82 Å². The number of aliphatic hydroxyl groups is 1. The van der Waals surface area contributed by atoms with Gasteiger partial charge in [-0.3, -0.25) is 4.79 Å². The molecule has 2 rings (SSSR count). The Kier molecular flexibility index (Phi) is 6.50. The minimum absolute atomic E-state index is 0.237. The molecular formula is C17H25FN2O3. The van der Waals surface area contributed by atoms with E-state index in [0.717, 1.165) is 19.4 Å². The van der Waals surface area contributed by atoms with Crippen LogP contribution in [0.15, 0.2) is 24.3 Å². The summed E-state index contributed by atoms with van der Waals surface area (Å²) in [4.78, 5) is 14.2. The highest BCUT2D eigenvalue weighted by Gasteiger charge is 2.37. The predicted octanol–water partition coefficient (Wildman–Crippen LogP) is 1.42. The number of likely N-dealkylation sites (N-methyl/N-ethyl adjacent to an activating group) is 1. The summed E-state index contributed by atoms with van der Waals surface area (Å²) in [6, 6.07) is 5.00. The van der Waals surface area contributed by atoms with E-state index in [4.69, 9.17) is 4.74 Å². The highest BCUT2D eigenvalue weighted by Crippen LogP contribution is 2.16. The van der Waals surface area contributed by atoms with Gasteiger partial charge in [0.05, 0.1) is 18.8 Å². The number of aliphatic hydroxyl groups excluding tert-OH is 1. The lowest BCUT2D eigenvalue weighted by molar-refractivity contribution is 0.0199. The highest BCUT2D eigenvalue weighted by atomic mass is 19.1. The number of nitrogens with zero attached hydrogens (tertiary/aromatic N) is 1. The third kappa shape index (κ3) is 4.99. The molecule has 1 amide bonds. The number of amides is 1. The first-order chi connectivity index (χ1) is 11.0. The SMILES string of the molecule is CCCCN(C)CC1OCC(NC(=O)c2cccc(F)c2)C1O. The van der Waals surface area contributed by atoms with Gasteiger partial charge in [-0.1, -0.05) is 19.4 Å². The molecule has 0 spiro atoms. The van der Waals surface area contributed by atoms with Crippen molar-refractivity contribution >= 4 is 5.91 Å². The Morgan fingerprint density at radius 2 is 2.30 bits per heavy atom. The maximum absolute atomic E-state index is 13.2. The Morgan fingerprint density at radius 3 is 3.00 bits per heavy atom. The average Bonchev–Trinajstić information content (AvgIpc) is 2.86. The van der Waals surface area contributed by atoms with E-state index in [1.807, 2.05) is 7.05 Å². The maximum atomic E-state index is 13.2. The number of nitrogens with one attached hydrogen (secondary N) is 1. The summed E-state index contributed by atoms with van der Waals surface area (Å²) in [5.41, 5.74) is 0.237. The molecule has 1 aromatic rings. The molecule has 1 heterocycles. The summed E-state index contributed by atoms with van der Waals surface area (Å²) in [5, 5.41) is 13.1. The summed E-state index contributed by atoms with van der Waals surface area (Å²) in [7, 11) is 1.99. The summed E-state index contributed by atoms with van der Waals surface area (Å²) >= 11 is 0. The number of hydrogen-bond donors (Lipinski definition) is 2. The molecular weight excluding hydrogens is 299 g/mol. The Bertz CT molecular complexity index is 526. The van der Waals surface area contributed by atoms with Gasteiger partial charge in [0, 0.05) is 12.1 Å². The molecule has 5 nitrogen and oxygen atoms in total. The zero-order valence-corrected chi connectivity index (χ0v) is 13.7. The van der Waals surface area contributed by atoms with E-state index < -0.39 is 23.9 Å². The van der Waals surface area contributed by atoms with Gasteiger partial charge >= 0.3 is 0 Å². The van der Waals surface area contributed by atoms with E-state index in [1.54, 1.807) is 0 Å². The van der Waals surface area contributed by atoms with Crippen LogP contribution in [0.2, 0.25) is 0 Å². The second-order valence-corrected chi connectivity index (χ2v) is 6.07. The Morgan fingerprint density at radius 1 is 1.52 bits per heavy atom. The minimum atomic E-state index is -0.767. The molecule has 2 N–H and O–H groups in total. The van der Waals surface area contributed by atoms with Gasteiger partial charge in [-0.25, -0.2) is 4.39 Å².